The van der Waals surface area contributed by atoms with Gasteiger partial charge in [0.2, 0.25) is 0 Å². The summed E-state index contributed by atoms with van der Waals surface area (Å²) in [7, 11) is 1.55. The second-order valence-electron chi connectivity index (χ2n) is 8.18. The number of halogens is 1. The van der Waals surface area contributed by atoms with E-state index in [4.69, 9.17) is 16.3 Å². The quantitative estimate of drug-likeness (QED) is 0.626. The number of rotatable bonds is 4. The summed E-state index contributed by atoms with van der Waals surface area (Å²) >= 11 is 6.02. The van der Waals surface area contributed by atoms with Gasteiger partial charge in [0.15, 0.2) is 0 Å². The van der Waals surface area contributed by atoms with Crippen molar-refractivity contribution >= 4 is 23.2 Å². The van der Waals surface area contributed by atoms with Crippen molar-refractivity contribution in [2.24, 2.45) is 28.3 Å². The van der Waals surface area contributed by atoms with Crippen LogP contribution < -0.4 is 10.2 Å². The average molecular weight is 361 g/mol. The lowest BCUT2D eigenvalue weighted by Gasteiger charge is -2.56. The molecule has 4 aliphatic rings. The SMILES string of the molecule is COc1ccc(Cl)cc1C(=O)N/N=C(/C)C12CC3CC(CC(C3)C1)C2. The first-order chi connectivity index (χ1) is 12.0. The lowest BCUT2D eigenvalue weighted by molar-refractivity contribution is -0.0128. The third kappa shape index (κ3) is 3.05. The lowest BCUT2D eigenvalue weighted by atomic mass is 9.48. The molecule has 134 valence electrons. The standard InChI is InChI=1S/C20H25ClN2O2/c1-12(20-9-13-5-14(10-20)7-15(6-13)11-20)22-23-19(24)17-8-16(21)3-4-18(17)25-2/h3-4,8,13-15H,5-7,9-11H2,1-2H3,(H,23,24)/b22-12-. The first kappa shape index (κ1) is 16.9. The highest BCUT2D eigenvalue weighted by Gasteiger charge is 2.52. The highest BCUT2D eigenvalue weighted by atomic mass is 35.5. The van der Waals surface area contributed by atoms with Crippen LogP contribution in [-0.4, -0.2) is 18.7 Å². The number of carbonyl (C=O) groups excluding carboxylic acids is 1. The maximum atomic E-state index is 12.6. The first-order valence-electron chi connectivity index (χ1n) is 9.18. The van der Waals surface area contributed by atoms with Crippen LogP contribution in [0.25, 0.3) is 0 Å². The number of methoxy groups -OCH3 is 1. The van der Waals surface area contributed by atoms with E-state index in [0.29, 0.717) is 16.3 Å². The molecule has 4 saturated carbocycles. The van der Waals surface area contributed by atoms with Gasteiger partial charge in [-0.2, -0.15) is 5.10 Å². The Bertz CT molecular complexity index is 693. The maximum Gasteiger partial charge on any atom is 0.275 e. The van der Waals surface area contributed by atoms with Crippen LogP contribution in [-0.2, 0) is 0 Å². The third-order valence-electron chi connectivity index (χ3n) is 6.54. The van der Waals surface area contributed by atoms with Crippen molar-refractivity contribution in [3.63, 3.8) is 0 Å². The molecular formula is C20H25ClN2O2. The van der Waals surface area contributed by atoms with Crippen molar-refractivity contribution in [1.82, 2.24) is 5.43 Å². The summed E-state index contributed by atoms with van der Waals surface area (Å²) in [6, 6.07) is 5.03. The number of benzene rings is 1. The van der Waals surface area contributed by atoms with Crippen molar-refractivity contribution in [2.45, 2.75) is 45.4 Å². The van der Waals surface area contributed by atoms with E-state index in [1.165, 1.54) is 38.5 Å². The molecule has 4 bridgehead atoms. The number of hydrogen-bond donors (Lipinski definition) is 1. The molecule has 0 heterocycles. The number of nitrogens with zero attached hydrogens (tertiary/aromatic N) is 1. The van der Waals surface area contributed by atoms with E-state index < -0.39 is 0 Å². The van der Waals surface area contributed by atoms with Gasteiger partial charge in [0.05, 0.1) is 12.7 Å². The molecule has 1 aromatic carbocycles. The lowest BCUT2D eigenvalue weighted by Crippen LogP contribution is -2.49. The van der Waals surface area contributed by atoms with Gasteiger partial charge in [-0.25, -0.2) is 5.43 Å². The molecule has 0 atom stereocenters. The summed E-state index contributed by atoms with van der Waals surface area (Å²) in [5.41, 5.74) is 4.44. The van der Waals surface area contributed by atoms with Crippen LogP contribution >= 0.6 is 11.6 Å². The van der Waals surface area contributed by atoms with Crippen LogP contribution in [0.5, 0.6) is 5.75 Å². The van der Waals surface area contributed by atoms with Crippen LogP contribution in [0.3, 0.4) is 0 Å². The zero-order valence-electron chi connectivity index (χ0n) is 14.8. The largest absolute Gasteiger partial charge is 0.496 e. The zero-order chi connectivity index (χ0) is 17.6. The average Bonchev–Trinajstić information content (AvgIpc) is 2.58. The van der Waals surface area contributed by atoms with Gasteiger partial charge >= 0.3 is 0 Å². The van der Waals surface area contributed by atoms with Crippen LogP contribution in [0, 0.1) is 23.2 Å². The number of carbonyl (C=O) groups is 1. The Hall–Kier alpha value is -1.55. The number of hydrazone groups is 1. The van der Waals surface area contributed by atoms with Crippen LogP contribution in [0.4, 0.5) is 0 Å². The van der Waals surface area contributed by atoms with Gasteiger partial charge in [0.25, 0.3) is 5.91 Å². The van der Waals surface area contributed by atoms with E-state index in [1.54, 1.807) is 25.3 Å². The molecule has 5 rings (SSSR count). The van der Waals surface area contributed by atoms with Gasteiger partial charge in [-0.05, 0) is 81.4 Å². The van der Waals surface area contributed by atoms with Gasteiger partial charge in [-0.1, -0.05) is 11.6 Å². The van der Waals surface area contributed by atoms with Crippen LogP contribution in [0.15, 0.2) is 23.3 Å². The second kappa shape index (κ2) is 6.31. The van der Waals surface area contributed by atoms with E-state index in [2.05, 4.69) is 17.5 Å². The minimum Gasteiger partial charge on any atom is -0.496 e. The summed E-state index contributed by atoms with van der Waals surface area (Å²) < 4.78 is 5.26. The van der Waals surface area contributed by atoms with Gasteiger partial charge < -0.3 is 4.74 Å². The first-order valence-corrected chi connectivity index (χ1v) is 9.55. The monoisotopic (exact) mass is 360 g/mol. The minimum atomic E-state index is -0.275. The predicted molar refractivity (Wildman–Crippen MR) is 99.2 cm³/mol. The molecule has 0 spiro atoms. The summed E-state index contributed by atoms with van der Waals surface area (Å²) in [6.07, 6.45) is 7.93. The molecule has 0 unspecified atom stereocenters. The molecular weight excluding hydrogens is 336 g/mol. The van der Waals surface area contributed by atoms with Gasteiger partial charge in [-0.3, -0.25) is 4.79 Å². The molecule has 0 aliphatic heterocycles. The highest BCUT2D eigenvalue weighted by molar-refractivity contribution is 6.31. The molecule has 0 saturated heterocycles. The molecule has 1 amide bonds. The molecule has 1 N–H and O–H groups in total. The fourth-order valence-electron chi connectivity index (χ4n) is 5.72. The van der Waals surface area contributed by atoms with Crippen LogP contribution in [0.2, 0.25) is 5.02 Å². The zero-order valence-corrected chi connectivity index (χ0v) is 15.6. The molecule has 25 heavy (non-hydrogen) atoms. The van der Waals surface area contributed by atoms with Gasteiger partial charge in [0, 0.05) is 16.1 Å². The molecule has 5 heteroatoms. The summed E-state index contributed by atoms with van der Waals surface area (Å²) in [5, 5.41) is 5.02. The molecule has 4 aliphatic carbocycles. The molecule has 0 radical (unpaired) electrons. The van der Waals surface area contributed by atoms with Crippen molar-refractivity contribution in [2.75, 3.05) is 7.11 Å². The topological polar surface area (TPSA) is 50.7 Å². The van der Waals surface area contributed by atoms with Gasteiger partial charge in [-0.15, -0.1) is 0 Å². The van der Waals surface area contributed by atoms with Gasteiger partial charge in [0.1, 0.15) is 5.75 Å². The maximum absolute atomic E-state index is 12.6. The van der Waals surface area contributed by atoms with Crippen molar-refractivity contribution in [3.05, 3.63) is 28.8 Å². The number of nitrogens with one attached hydrogen (secondary N) is 1. The Morgan fingerprint density at radius 2 is 1.80 bits per heavy atom. The fourth-order valence-corrected chi connectivity index (χ4v) is 5.90. The van der Waals surface area contributed by atoms with Crippen LogP contribution in [0.1, 0.15) is 55.8 Å². The van der Waals surface area contributed by atoms with Crippen molar-refractivity contribution in [3.8, 4) is 5.75 Å². The summed E-state index contributed by atoms with van der Waals surface area (Å²) in [6.45, 7) is 2.09. The third-order valence-corrected chi connectivity index (χ3v) is 6.77. The smallest absolute Gasteiger partial charge is 0.275 e. The van der Waals surface area contributed by atoms with E-state index in [0.717, 1.165) is 23.5 Å². The highest BCUT2D eigenvalue weighted by Crippen LogP contribution is 2.60. The van der Waals surface area contributed by atoms with E-state index in [-0.39, 0.29) is 11.3 Å². The summed E-state index contributed by atoms with van der Waals surface area (Å²) in [4.78, 5) is 12.6. The van der Waals surface area contributed by atoms with E-state index in [1.807, 2.05) is 0 Å². The number of ether oxygens (including phenoxy) is 1. The molecule has 4 nitrogen and oxygen atoms in total. The number of hydrogen-bond acceptors (Lipinski definition) is 3. The minimum absolute atomic E-state index is 0.209. The Morgan fingerprint density at radius 3 is 2.36 bits per heavy atom. The Morgan fingerprint density at radius 1 is 1.20 bits per heavy atom. The fraction of sp³-hybridized carbons (Fsp3) is 0.600. The normalized spacial score (nSPS) is 33.4. The van der Waals surface area contributed by atoms with Crippen molar-refractivity contribution < 1.29 is 9.53 Å². The Labute approximate surface area is 154 Å². The predicted octanol–water partition coefficient (Wildman–Crippen LogP) is 4.67. The molecule has 0 aromatic heterocycles. The molecule has 4 fully saturated rings. The molecule has 1 aromatic rings. The Balaban J connectivity index is 1.52. The summed E-state index contributed by atoms with van der Waals surface area (Å²) in [5.74, 6) is 2.81. The van der Waals surface area contributed by atoms with Crippen molar-refractivity contribution in [1.29, 1.82) is 0 Å². The van der Waals surface area contributed by atoms with E-state index in [9.17, 15) is 4.79 Å². The van der Waals surface area contributed by atoms with E-state index >= 15 is 0 Å². The number of amides is 1. The second-order valence-corrected chi connectivity index (χ2v) is 8.62. The Kier molecular flexibility index (Phi) is 4.27.